The van der Waals surface area contributed by atoms with E-state index in [9.17, 15) is 0 Å². The first-order chi connectivity index (χ1) is 7.24. The standard InChI is InChI=1S/C12H20N2O/c1-10(5-4-8-15)14-9-12-6-3-7-13-11(12)2/h3,6-7,10,14-15H,4-5,8-9H2,1-2H3. The molecule has 1 rings (SSSR count). The minimum Gasteiger partial charge on any atom is -0.396 e. The normalized spacial score (nSPS) is 12.7. The summed E-state index contributed by atoms with van der Waals surface area (Å²) < 4.78 is 0. The third kappa shape index (κ3) is 4.40. The van der Waals surface area contributed by atoms with E-state index < -0.39 is 0 Å². The van der Waals surface area contributed by atoms with Crippen molar-refractivity contribution in [1.29, 1.82) is 0 Å². The molecular weight excluding hydrogens is 188 g/mol. The summed E-state index contributed by atoms with van der Waals surface area (Å²) in [5.41, 5.74) is 2.33. The number of aliphatic hydroxyl groups excluding tert-OH is 1. The van der Waals surface area contributed by atoms with E-state index in [0.29, 0.717) is 6.04 Å². The lowest BCUT2D eigenvalue weighted by atomic mass is 10.1. The number of rotatable bonds is 6. The van der Waals surface area contributed by atoms with Gasteiger partial charge in [0.15, 0.2) is 0 Å². The Morgan fingerprint density at radius 2 is 2.33 bits per heavy atom. The first-order valence-electron chi connectivity index (χ1n) is 5.48. The number of aromatic nitrogens is 1. The molecule has 0 amide bonds. The molecule has 0 saturated heterocycles. The van der Waals surface area contributed by atoms with Crippen molar-refractivity contribution in [2.45, 2.75) is 39.3 Å². The van der Waals surface area contributed by atoms with E-state index in [0.717, 1.165) is 25.1 Å². The Morgan fingerprint density at radius 1 is 1.53 bits per heavy atom. The minimum absolute atomic E-state index is 0.276. The molecule has 1 unspecified atom stereocenters. The highest BCUT2D eigenvalue weighted by molar-refractivity contribution is 5.17. The molecule has 15 heavy (non-hydrogen) atoms. The molecule has 0 bridgehead atoms. The van der Waals surface area contributed by atoms with Crippen LogP contribution in [0.15, 0.2) is 18.3 Å². The summed E-state index contributed by atoms with van der Waals surface area (Å²) in [5, 5.41) is 12.1. The zero-order valence-corrected chi connectivity index (χ0v) is 9.53. The molecule has 0 aromatic carbocycles. The molecule has 1 aromatic heterocycles. The lowest BCUT2D eigenvalue weighted by Crippen LogP contribution is -2.26. The first-order valence-corrected chi connectivity index (χ1v) is 5.48. The summed E-state index contributed by atoms with van der Waals surface area (Å²) in [4.78, 5) is 4.24. The smallest absolute Gasteiger partial charge is 0.0431 e. The van der Waals surface area contributed by atoms with Gasteiger partial charge in [0.25, 0.3) is 0 Å². The second-order valence-electron chi connectivity index (χ2n) is 3.90. The van der Waals surface area contributed by atoms with E-state index in [1.165, 1.54) is 5.56 Å². The summed E-state index contributed by atoms with van der Waals surface area (Å²) in [5.74, 6) is 0. The van der Waals surface area contributed by atoms with Gasteiger partial charge in [0, 0.05) is 31.1 Å². The Morgan fingerprint density at radius 3 is 3.00 bits per heavy atom. The van der Waals surface area contributed by atoms with Crippen LogP contribution >= 0.6 is 0 Å². The summed E-state index contributed by atoms with van der Waals surface area (Å²) in [6.45, 7) is 5.29. The molecule has 1 atom stereocenters. The minimum atomic E-state index is 0.276. The number of hydrogen-bond donors (Lipinski definition) is 2. The van der Waals surface area contributed by atoms with E-state index in [2.05, 4.69) is 23.3 Å². The number of aryl methyl sites for hydroxylation is 1. The lowest BCUT2D eigenvalue weighted by molar-refractivity contribution is 0.276. The fourth-order valence-electron chi connectivity index (χ4n) is 1.49. The number of hydrogen-bond acceptors (Lipinski definition) is 3. The summed E-state index contributed by atoms with van der Waals surface area (Å²) in [6, 6.07) is 4.49. The van der Waals surface area contributed by atoms with Crippen molar-refractivity contribution in [3.63, 3.8) is 0 Å². The van der Waals surface area contributed by atoms with E-state index in [4.69, 9.17) is 5.11 Å². The molecule has 3 nitrogen and oxygen atoms in total. The predicted octanol–water partition coefficient (Wildman–Crippen LogP) is 1.64. The maximum absolute atomic E-state index is 8.71. The largest absolute Gasteiger partial charge is 0.396 e. The highest BCUT2D eigenvalue weighted by Gasteiger charge is 2.02. The van der Waals surface area contributed by atoms with Crippen LogP contribution in [-0.2, 0) is 6.54 Å². The van der Waals surface area contributed by atoms with Crippen molar-refractivity contribution >= 4 is 0 Å². The molecule has 3 heteroatoms. The van der Waals surface area contributed by atoms with Crippen molar-refractivity contribution in [2.24, 2.45) is 0 Å². The Labute approximate surface area is 91.5 Å². The van der Waals surface area contributed by atoms with Crippen molar-refractivity contribution in [3.05, 3.63) is 29.6 Å². The van der Waals surface area contributed by atoms with Gasteiger partial charge in [-0.25, -0.2) is 0 Å². The zero-order chi connectivity index (χ0) is 11.1. The maximum atomic E-state index is 8.71. The van der Waals surface area contributed by atoms with E-state index in [1.807, 2.05) is 19.2 Å². The first kappa shape index (κ1) is 12.1. The van der Waals surface area contributed by atoms with Crippen LogP contribution in [0.2, 0.25) is 0 Å². The molecular formula is C12H20N2O. The average molecular weight is 208 g/mol. The van der Waals surface area contributed by atoms with Gasteiger partial charge in [-0.2, -0.15) is 0 Å². The Balaban J connectivity index is 2.33. The fraction of sp³-hybridized carbons (Fsp3) is 0.583. The van der Waals surface area contributed by atoms with Gasteiger partial charge in [-0.1, -0.05) is 6.07 Å². The van der Waals surface area contributed by atoms with Gasteiger partial charge >= 0.3 is 0 Å². The quantitative estimate of drug-likeness (QED) is 0.747. The van der Waals surface area contributed by atoms with Crippen LogP contribution in [0.5, 0.6) is 0 Å². The summed E-state index contributed by atoms with van der Waals surface area (Å²) >= 11 is 0. The lowest BCUT2D eigenvalue weighted by Gasteiger charge is -2.13. The van der Waals surface area contributed by atoms with Gasteiger partial charge in [0.05, 0.1) is 0 Å². The second-order valence-corrected chi connectivity index (χ2v) is 3.90. The highest BCUT2D eigenvalue weighted by Crippen LogP contribution is 2.04. The highest BCUT2D eigenvalue weighted by atomic mass is 16.2. The topological polar surface area (TPSA) is 45.2 Å². The summed E-state index contributed by atoms with van der Waals surface area (Å²) in [6.07, 6.45) is 3.68. The third-order valence-electron chi connectivity index (χ3n) is 2.55. The van der Waals surface area contributed by atoms with E-state index >= 15 is 0 Å². The molecule has 0 spiro atoms. The van der Waals surface area contributed by atoms with Gasteiger partial charge in [-0.05, 0) is 38.3 Å². The van der Waals surface area contributed by atoms with E-state index in [1.54, 1.807) is 0 Å². The number of aliphatic hydroxyl groups is 1. The van der Waals surface area contributed by atoms with Crippen LogP contribution in [0.1, 0.15) is 31.0 Å². The molecule has 0 aliphatic rings. The Hall–Kier alpha value is -0.930. The molecule has 0 radical (unpaired) electrons. The van der Waals surface area contributed by atoms with Crippen molar-refractivity contribution in [3.8, 4) is 0 Å². The molecule has 0 aliphatic carbocycles. The molecule has 84 valence electrons. The Kier molecular flexibility index (Phi) is 5.29. The van der Waals surface area contributed by atoms with Gasteiger partial charge < -0.3 is 10.4 Å². The molecule has 1 heterocycles. The third-order valence-corrected chi connectivity index (χ3v) is 2.55. The zero-order valence-electron chi connectivity index (χ0n) is 9.53. The van der Waals surface area contributed by atoms with Crippen LogP contribution in [0, 0.1) is 6.92 Å². The van der Waals surface area contributed by atoms with Crippen molar-refractivity contribution < 1.29 is 5.11 Å². The number of pyridine rings is 1. The van der Waals surface area contributed by atoms with Crippen LogP contribution in [-0.4, -0.2) is 22.7 Å². The maximum Gasteiger partial charge on any atom is 0.0431 e. The average Bonchev–Trinajstić information content (AvgIpc) is 2.25. The van der Waals surface area contributed by atoms with Crippen molar-refractivity contribution in [2.75, 3.05) is 6.61 Å². The van der Waals surface area contributed by atoms with Gasteiger partial charge in [-0.15, -0.1) is 0 Å². The molecule has 0 aliphatic heterocycles. The van der Waals surface area contributed by atoms with Gasteiger partial charge in [0.1, 0.15) is 0 Å². The van der Waals surface area contributed by atoms with Crippen LogP contribution < -0.4 is 5.32 Å². The molecule has 0 fully saturated rings. The SMILES string of the molecule is Cc1ncccc1CNC(C)CCCO. The van der Waals surface area contributed by atoms with Crippen LogP contribution in [0.25, 0.3) is 0 Å². The molecule has 0 saturated carbocycles. The number of nitrogens with one attached hydrogen (secondary N) is 1. The molecule has 2 N–H and O–H groups in total. The Bertz CT molecular complexity index is 289. The number of nitrogens with zero attached hydrogens (tertiary/aromatic N) is 1. The van der Waals surface area contributed by atoms with Gasteiger partial charge in [0.2, 0.25) is 0 Å². The summed E-state index contributed by atoms with van der Waals surface area (Å²) in [7, 11) is 0. The van der Waals surface area contributed by atoms with Crippen molar-refractivity contribution in [1.82, 2.24) is 10.3 Å². The monoisotopic (exact) mass is 208 g/mol. The van der Waals surface area contributed by atoms with Gasteiger partial charge in [-0.3, -0.25) is 4.98 Å². The van der Waals surface area contributed by atoms with Crippen LogP contribution in [0.3, 0.4) is 0 Å². The second kappa shape index (κ2) is 6.53. The fourth-order valence-corrected chi connectivity index (χ4v) is 1.49. The predicted molar refractivity (Wildman–Crippen MR) is 61.6 cm³/mol. The molecule has 1 aromatic rings. The van der Waals surface area contributed by atoms with E-state index in [-0.39, 0.29) is 6.61 Å². The van der Waals surface area contributed by atoms with Crippen LogP contribution in [0.4, 0.5) is 0 Å².